The maximum atomic E-state index is 11.1. The lowest BCUT2D eigenvalue weighted by atomic mass is 9.86. The van der Waals surface area contributed by atoms with Crippen LogP contribution in [0, 0.1) is 0 Å². The van der Waals surface area contributed by atoms with E-state index in [1.54, 1.807) is 0 Å². The number of carbonyl (C=O) groups excluding carboxylic acids is 1. The van der Waals surface area contributed by atoms with Gasteiger partial charge >= 0.3 is 0 Å². The lowest BCUT2D eigenvalue weighted by Crippen LogP contribution is -2.35. The molecule has 1 aliphatic heterocycles. The fourth-order valence-electron chi connectivity index (χ4n) is 3.42. The summed E-state index contributed by atoms with van der Waals surface area (Å²) in [5, 5.41) is 1.30. The number of para-hydroxylation sites is 1. The van der Waals surface area contributed by atoms with Crippen LogP contribution in [-0.4, -0.2) is 17.9 Å². The van der Waals surface area contributed by atoms with Gasteiger partial charge in [0.1, 0.15) is 11.9 Å². The molecule has 1 aromatic heterocycles. The smallest absolute Gasteiger partial charge is 0.123 e. The molecule has 1 atom stereocenters. The number of hydrogen-bond donors (Lipinski definition) is 1. The number of aryl methyl sites for hydroxylation is 1. The van der Waals surface area contributed by atoms with E-state index in [0.717, 1.165) is 31.2 Å². The summed E-state index contributed by atoms with van der Waals surface area (Å²) in [7, 11) is 0. The van der Waals surface area contributed by atoms with Crippen molar-refractivity contribution in [3.8, 4) is 0 Å². The van der Waals surface area contributed by atoms with Crippen LogP contribution in [0.5, 0.6) is 0 Å². The third-order valence-electron chi connectivity index (χ3n) is 4.58. The molecule has 1 aliphatic rings. The largest absolute Gasteiger partial charge is 0.368 e. The van der Waals surface area contributed by atoms with Gasteiger partial charge in [0.2, 0.25) is 0 Å². The van der Waals surface area contributed by atoms with Crippen LogP contribution in [0.3, 0.4) is 0 Å². The predicted octanol–water partition coefficient (Wildman–Crippen LogP) is 3.50. The van der Waals surface area contributed by atoms with E-state index in [2.05, 4.69) is 37.0 Å². The molecule has 0 aliphatic carbocycles. The molecule has 0 fully saturated rings. The lowest BCUT2D eigenvalue weighted by Gasteiger charge is -2.35. The van der Waals surface area contributed by atoms with Crippen molar-refractivity contribution in [1.82, 2.24) is 4.98 Å². The second-order valence-electron chi connectivity index (χ2n) is 5.49. The molecule has 20 heavy (non-hydrogen) atoms. The van der Waals surface area contributed by atoms with Gasteiger partial charge in [0, 0.05) is 17.3 Å². The van der Waals surface area contributed by atoms with E-state index in [0.29, 0.717) is 13.0 Å². The first kappa shape index (κ1) is 13.4. The number of aldehydes is 1. The van der Waals surface area contributed by atoms with Crippen LogP contribution in [0.1, 0.15) is 43.5 Å². The Labute approximate surface area is 119 Å². The maximum Gasteiger partial charge on any atom is 0.123 e. The van der Waals surface area contributed by atoms with Crippen molar-refractivity contribution in [2.75, 3.05) is 6.61 Å². The van der Waals surface area contributed by atoms with Gasteiger partial charge in [0.05, 0.1) is 12.3 Å². The molecule has 3 nitrogen and oxygen atoms in total. The van der Waals surface area contributed by atoms with Crippen molar-refractivity contribution in [3.63, 3.8) is 0 Å². The summed E-state index contributed by atoms with van der Waals surface area (Å²) in [4.78, 5) is 14.7. The molecular formula is C17H21NO2. The fraction of sp³-hybridized carbons (Fsp3) is 0.471. The first-order chi connectivity index (χ1) is 9.75. The molecule has 2 heterocycles. The molecule has 0 spiro atoms. The fourth-order valence-corrected chi connectivity index (χ4v) is 3.42. The van der Waals surface area contributed by atoms with E-state index in [9.17, 15) is 4.79 Å². The molecule has 3 heteroatoms. The van der Waals surface area contributed by atoms with E-state index in [1.165, 1.54) is 22.0 Å². The summed E-state index contributed by atoms with van der Waals surface area (Å²) in [6.45, 7) is 4.95. The topological polar surface area (TPSA) is 42.1 Å². The second kappa shape index (κ2) is 5.06. The zero-order valence-electron chi connectivity index (χ0n) is 12.2. The number of aromatic nitrogens is 1. The van der Waals surface area contributed by atoms with Crippen LogP contribution in [-0.2, 0) is 28.0 Å². The van der Waals surface area contributed by atoms with Gasteiger partial charge in [-0.05, 0) is 30.4 Å². The number of nitrogens with one attached hydrogen (secondary N) is 1. The SMILES string of the molecule is CCc1cccc2c3c([nH]c12)[C@](CC)(CC=O)OCC3. The van der Waals surface area contributed by atoms with Crippen LogP contribution in [0.4, 0.5) is 0 Å². The first-order valence-electron chi connectivity index (χ1n) is 7.46. The van der Waals surface area contributed by atoms with Gasteiger partial charge in [0.25, 0.3) is 0 Å². The van der Waals surface area contributed by atoms with Crippen LogP contribution >= 0.6 is 0 Å². The van der Waals surface area contributed by atoms with Gasteiger partial charge < -0.3 is 14.5 Å². The molecule has 0 unspecified atom stereocenters. The highest BCUT2D eigenvalue weighted by Crippen LogP contribution is 2.41. The third-order valence-corrected chi connectivity index (χ3v) is 4.58. The number of hydrogen-bond acceptors (Lipinski definition) is 2. The zero-order valence-corrected chi connectivity index (χ0v) is 12.2. The van der Waals surface area contributed by atoms with E-state index < -0.39 is 5.60 Å². The quantitative estimate of drug-likeness (QED) is 0.865. The molecular weight excluding hydrogens is 250 g/mol. The number of ether oxygens (including phenoxy) is 1. The third kappa shape index (κ3) is 1.80. The van der Waals surface area contributed by atoms with Crippen LogP contribution in [0.2, 0.25) is 0 Å². The Kier molecular flexibility index (Phi) is 3.38. The Morgan fingerprint density at radius 2 is 2.25 bits per heavy atom. The molecule has 106 valence electrons. The van der Waals surface area contributed by atoms with Crippen molar-refractivity contribution in [2.45, 2.75) is 45.1 Å². The summed E-state index contributed by atoms with van der Waals surface area (Å²) in [5.41, 5.74) is 4.54. The summed E-state index contributed by atoms with van der Waals surface area (Å²) >= 11 is 0. The second-order valence-corrected chi connectivity index (χ2v) is 5.49. The van der Waals surface area contributed by atoms with Crippen LogP contribution in [0.15, 0.2) is 18.2 Å². The van der Waals surface area contributed by atoms with E-state index >= 15 is 0 Å². The monoisotopic (exact) mass is 271 g/mol. The molecule has 1 aromatic carbocycles. The van der Waals surface area contributed by atoms with Crippen LogP contribution in [0.25, 0.3) is 10.9 Å². The Balaban J connectivity index is 2.26. The van der Waals surface area contributed by atoms with Crippen molar-refractivity contribution in [2.24, 2.45) is 0 Å². The minimum Gasteiger partial charge on any atom is -0.368 e. The Hall–Kier alpha value is -1.61. The number of fused-ring (bicyclic) bond motifs is 3. The molecule has 0 amide bonds. The zero-order chi connectivity index (χ0) is 14.2. The van der Waals surface area contributed by atoms with Gasteiger partial charge in [-0.2, -0.15) is 0 Å². The highest BCUT2D eigenvalue weighted by Gasteiger charge is 2.38. The van der Waals surface area contributed by atoms with Gasteiger partial charge in [-0.3, -0.25) is 0 Å². The van der Waals surface area contributed by atoms with Crippen molar-refractivity contribution in [3.05, 3.63) is 35.0 Å². The minimum absolute atomic E-state index is 0.421. The first-order valence-corrected chi connectivity index (χ1v) is 7.46. The Bertz CT molecular complexity index is 644. The highest BCUT2D eigenvalue weighted by molar-refractivity contribution is 5.88. The summed E-state index contributed by atoms with van der Waals surface area (Å²) in [6.07, 6.45) is 4.14. The van der Waals surface area contributed by atoms with E-state index in [-0.39, 0.29) is 0 Å². The molecule has 0 radical (unpaired) electrons. The average molecular weight is 271 g/mol. The average Bonchev–Trinajstić information content (AvgIpc) is 2.87. The number of benzene rings is 1. The number of carbonyl (C=O) groups is 1. The van der Waals surface area contributed by atoms with Gasteiger partial charge in [-0.1, -0.05) is 32.0 Å². The molecule has 1 N–H and O–H groups in total. The summed E-state index contributed by atoms with van der Waals surface area (Å²) in [6, 6.07) is 6.47. The molecule has 2 aromatic rings. The summed E-state index contributed by atoms with van der Waals surface area (Å²) < 4.78 is 6.02. The number of aromatic amines is 1. The van der Waals surface area contributed by atoms with Crippen molar-refractivity contribution >= 4 is 17.2 Å². The van der Waals surface area contributed by atoms with Gasteiger partial charge in [-0.15, -0.1) is 0 Å². The molecule has 0 bridgehead atoms. The van der Waals surface area contributed by atoms with E-state index in [4.69, 9.17) is 4.74 Å². The van der Waals surface area contributed by atoms with Crippen LogP contribution < -0.4 is 0 Å². The Morgan fingerprint density at radius 3 is 2.95 bits per heavy atom. The normalized spacial score (nSPS) is 21.9. The van der Waals surface area contributed by atoms with Gasteiger partial charge in [-0.25, -0.2) is 0 Å². The van der Waals surface area contributed by atoms with Crippen molar-refractivity contribution < 1.29 is 9.53 Å². The number of rotatable bonds is 4. The molecule has 3 rings (SSSR count). The lowest BCUT2D eigenvalue weighted by molar-refractivity contribution is -0.119. The summed E-state index contributed by atoms with van der Waals surface area (Å²) in [5.74, 6) is 0. The molecule has 0 saturated heterocycles. The standard InChI is InChI=1S/C17H21NO2/c1-3-12-6-5-7-13-14-8-11-20-17(4-2,9-10-19)16(14)18-15(12)13/h5-7,10,18H,3-4,8-9,11H2,1-2H3/t17-/m0/s1. The predicted molar refractivity (Wildman–Crippen MR) is 80.0 cm³/mol. The molecule has 0 saturated carbocycles. The highest BCUT2D eigenvalue weighted by atomic mass is 16.5. The van der Waals surface area contributed by atoms with E-state index in [1.807, 2.05) is 0 Å². The number of H-pyrrole nitrogens is 1. The Morgan fingerprint density at radius 1 is 1.40 bits per heavy atom. The van der Waals surface area contributed by atoms with Crippen molar-refractivity contribution in [1.29, 1.82) is 0 Å². The van der Waals surface area contributed by atoms with Gasteiger partial charge in [0.15, 0.2) is 0 Å². The maximum absolute atomic E-state index is 11.1. The minimum atomic E-state index is -0.459.